The molecule has 2 aromatic heterocycles. The van der Waals surface area contributed by atoms with Gasteiger partial charge in [-0.3, -0.25) is 9.69 Å². The molecule has 4 nitrogen and oxygen atoms in total. The van der Waals surface area contributed by atoms with Crippen molar-refractivity contribution in [3.8, 4) is 10.6 Å². The molecule has 1 fully saturated rings. The summed E-state index contributed by atoms with van der Waals surface area (Å²) in [5.74, 6) is -0.671. The summed E-state index contributed by atoms with van der Waals surface area (Å²) in [5, 5.41) is 16.6. The molecule has 0 amide bonds. The third kappa shape index (κ3) is 3.17. The SMILES string of the molecule is CC1(C(=O)O)CCN(Cc2csc(-c3ccsc3)n2)CC1. The molecule has 0 aromatic carbocycles. The van der Waals surface area contributed by atoms with Crippen LogP contribution in [-0.2, 0) is 11.3 Å². The second-order valence-corrected chi connectivity index (χ2v) is 7.44. The predicted octanol–water partition coefficient (Wildman–Crippen LogP) is 3.56. The van der Waals surface area contributed by atoms with Gasteiger partial charge >= 0.3 is 5.97 Å². The Morgan fingerprint density at radius 3 is 2.81 bits per heavy atom. The van der Waals surface area contributed by atoms with Crippen molar-refractivity contribution in [1.82, 2.24) is 9.88 Å². The first-order valence-electron chi connectivity index (χ1n) is 6.99. The Labute approximate surface area is 132 Å². The predicted molar refractivity (Wildman–Crippen MR) is 85.7 cm³/mol. The summed E-state index contributed by atoms with van der Waals surface area (Å²) in [4.78, 5) is 18.2. The van der Waals surface area contributed by atoms with E-state index in [1.54, 1.807) is 22.7 Å². The Morgan fingerprint density at radius 1 is 1.43 bits per heavy atom. The van der Waals surface area contributed by atoms with Crippen molar-refractivity contribution in [2.45, 2.75) is 26.3 Å². The van der Waals surface area contributed by atoms with Crippen molar-refractivity contribution in [2.75, 3.05) is 13.1 Å². The summed E-state index contributed by atoms with van der Waals surface area (Å²) in [6.45, 7) is 4.32. The van der Waals surface area contributed by atoms with Gasteiger partial charge in [0, 0.05) is 22.9 Å². The molecule has 1 aliphatic heterocycles. The highest BCUT2D eigenvalue weighted by Gasteiger charge is 2.36. The zero-order valence-corrected chi connectivity index (χ0v) is 13.5. The third-order valence-electron chi connectivity index (χ3n) is 4.18. The summed E-state index contributed by atoms with van der Waals surface area (Å²) < 4.78 is 0. The van der Waals surface area contributed by atoms with Crippen LogP contribution in [0.15, 0.2) is 22.2 Å². The van der Waals surface area contributed by atoms with Crippen molar-refractivity contribution in [3.63, 3.8) is 0 Å². The van der Waals surface area contributed by atoms with E-state index in [1.807, 2.05) is 6.92 Å². The average molecular weight is 322 g/mol. The van der Waals surface area contributed by atoms with E-state index in [-0.39, 0.29) is 0 Å². The van der Waals surface area contributed by atoms with Crippen LogP contribution >= 0.6 is 22.7 Å². The van der Waals surface area contributed by atoms with E-state index in [9.17, 15) is 9.90 Å². The minimum absolute atomic E-state index is 0.555. The van der Waals surface area contributed by atoms with Gasteiger partial charge in [0.1, 0.15) is 5.01 Å². The smallest absolute Gasteiger partial charge is 0.309 e. The van der Waals surface area contributed by atoms with Crippen molar-refractivity contribution in [1.29, 1.82) is 0 Å². The van der Waals surface area contributed by atoms with Gasteiger partial charge in [-0.2, -0.15) is 11.3 Å². The maximum atomic E-state index is 11.2. The van der Waals surface area contributed by atoms with E-state index in [2.05, 4.69) is 32.1 Å². The molecule has 112 valence electrons. The lowest BCUT2D eigenvalue weighted by molar-refractivity contribution is -0.150. The highest BCUT2D eigenvalue weighted by Crippen LogP contribution is 2.32. The second-order valence-electron chi connectivity index (χ2n) is 5.80. The van der Waals surface area contributed by atoms with E-state index < -0.39 is 11.4 Å². The second kappa shape index (κ2) is 5.87. The number of nitrogens with zero attached hydrogens (tertiary/aromatic N) is 2. The van der Waals surface area contributed by atoms with E-state index in [1.165, 1.54) is 5.56 Å². The van der Waals surface area contributed by atoms with Crippen LogP contribution in [0.5, 0.6) is 0 Å². The van der Waals surface area contributed by atoms with Crippen LogP contribution in [0.3, 0.4) is 0 Å². The lowest BCUT2D eigenvalue weighted by Gasteiger charge is -2.36. The number of thiazole rings is 1. The fourth-order valence-corrected chi connectivity index (χ4v) is 4.07. The molecule has 0 radical (unpaired) electrons. The van der Waals surface area contributed by atoms with Crippen LogP contribution in [0.1, 0.15) is 25.5 Å². The highest BCUT2D eigenvalue weighted by molar-refractivity contribution is 7.14. The van der Waals surface area contributed by atoms with Crippen LogP contribution in [0.2, 0.25) is 0 Å². The van der Waals surface area contributed by atoms with Crippen LogP contribution < -0.4 is 0 Å². The first kappa shape index (κ1) is 14.7. The van der Waals surface area contributed by atoms with Crippen molar-refractivity contribution < 1.29 is 9.90 Å². The summed E-state index contributed by atoms with van der Waals surface area (Å²) in [6, 6.07) is 2.09. The maximum Gasteiger partial charge on any atom is 0.309 e. The van der Waals surface area contributed by atoms with Gasteiger partial charge in [-0.15, -0.1) is 11.3 Å². The van der Waals surface area contributed by atoms with Crippen molar-refractivity contribution >= 4 is 28.6 Å². The zero-order chi connectivity index (χ0) is 14.9. The molecule has 3 rings (SSSR count). The number of hydrogen-bond acceptors (Lipinski definition) is 5. The summed E-state index contributed by atoms with van der Waals surface area (Å²) in [7, 11) is 0. The minimum atomic E-state index is -0.671. The van der Waals surface area contributed by atoms with Gasteiger partial charge in [-0.05, 0) is 44.3 Å². The van der Waals surface area contributed by atoms with Crippen molar-refractivity contribution in [2.24, 2.45) is 5.41 Å². The van der Waals surface area contributed by atoms with Gasteiger partial charge in [0.2, 0.25) is 0 Å². The van der Waals surface area contributed by atoms with Crippen LogP contribution in [0.4, 0.5) is 0 Å². The summed E-state index contributed by atoms with van der Waals surface area (Å²) >= 11 is 3.36. The first-order valence-corrected chi connectivity index (χ1v) is 8.82. The Bertz CT molecular complexity index is 613. The topological polar surface area (TPSA) is 53.4 Å². The van der Waals surface area contributed by atoms with Crippen LogP contribution in [-0.4, -0.2) is 34.0 Å². The monoisotopic (exact) mass is 322 g/mol. The lowest BCUT2D eigenvalue weighted by Crippen LogP contribution is -2.42. The van der Waals surface area contributed by atoms with Gasteiger partial charge in [-0.1, -0.05) is 0 Å². The third-order valence-corrected chi connectivity index (χ3v) is 5.80. The molecule has 0 atom stereocenters. The number of hydrogen-bond donors (Lipinski definition) is 1. The standard InChI is InChI=1S/C15H18N2O2S2/c1-15(14(18)19)3-5-17(6-4-15)8-12-10-21-13(16-12)11-2-7-20-9-11/h2,7,9-10H,3-6,8H2,1H3,(H,18,19). The van der Waals surface area contributed by atoms with E-state index >= 15 is 0 Å². The molecule has 1 aliphatic rings. The molecule has 1 N–H and O–H groups in total. The molecule has 0 spiro atoms. The molecular formula is C15H18N2O2S2. The molecule has 2 aromatic rings. The number of piperidine rings is 1. The number of carboxylic acids is 1. The minimum Gasteiger partial charge on any atom is -0.481 e. The van der Waals surface area contributed by atoms with Crippen molar-refractivity contribution in [3.05, 3.63) is 27.9 Å². The summed E-state index contributed by atoms with van der Waals surface area (Å²) in [6.07, 6.45) is 1.42. The molecule has 6 heteroatoms. The molecule has 3 heterocycles. The van der Waals surface area contributed by atoms with Gasteiger partial charge in [-0.25, -0.2) is 4.98 Å². The lowest BCUT2D eigenvalue weighted by atomic mass is 9.80. The van der Waals surface area contributed by atoms with Gasteiger partial charge in [0.15, 0.2) is 0 Å². The molecule has 1 saturated heterocycles. The van der Waals surface area contributed by atoms with E-state index in [4.69, 9.17) is 0 Å². The zero-order valence-electron chi connectivity index (χ0n) is 11.9. The Morgan fingerprint density at radius 2 is 2.19 bits per heavy atom. The normalized spacial score (nSPS) is 18.7. The molecule has 0 saturated carbocycles. The molecule has 0 unspecified atom stereocenters. The largest absolute Gasteiger partial charge is 0.481 e. The number of thiophene rings is 1. The number of likely N-dealkylation sites (tertiary alicyclic amines) is 1. The molecular weight excluding hydrogens is 304 g/mol. The molecule has 0 aliphatic carbocycles. The van der Waals surface area contributed by atoms with Gasteiger partial charge in [0.05, 0.1) is 11.1 Å². The maximum absolute atomic E-state index is 11.2. The van der Waals surface area contributed by atoms with Gasteiger partial charge < -0.3 is 5.11 Å². The Balaban J connectivity index is 1.60. The Kier molecular flexibility index (Phi) is 4.10. The Hall–Kier alpha value is -1.24. The average Bonchev–Trinajstić information content (AvgIpc) is 3.12. The fraction of sp³-hybridized carbons (Fsp3) is 0.467. The molecule has 21 heavy (non-hydrogen) atoms. The number of rotatable bonds is 4. The fourth-order valence-electron chi connectivity index (χ4n) is 2.55. The number of carboxylic acid groups (broad SMARTS) is 1. The number of aromatic nitrogens is 1. The highest BCUT2D eigenvalue weighted by atomic mass is 32.1. The number of aliphatic carboxylic acids is 1. The van der Waals surface area contributed by atoms with Crippen LogP contribution in [0, 0.1) is 5.41 Å². The van der Waals surface area contributed by atoms with Crippen LogP contribution in [0.25, 0.3) is 10.6 Å². The van der Waals surface area contributed by atoms with E-state index in [0.29, 0.717) is 12.8 Å². The van der Waals surface area contributed by atoms with E-state index in [0.717, 1.165) is 30.3 Å². The summed E-state index contributed by atoms with van der Waals surface area (Å²) in [5.41, 5.74) is 1.72. The quantitative estimate of drug-likeness (QED) is 0.935. The van der Waals surface area contributed by atoms with Gasteiger partial charge in [0.25, 0.3) is 0 Å². The number of carbonyl (C=O) groups is 1. The first-order chi connectivity index (χ1) is 10.1. The molecule has 0 bridgehead atoms.